The Labute approximate surface area is 115 Å². The van der Waals surface area contributed by atoms with Crippen LogP contribution in [-0.4, -0.2) is 10.1 Å². The minimum Gasteiger partial charge on any atom is -0.334 e. The molecule has 0 saturated heterocycles. The van der Waals surface area contributed by atoms with Gasteiger partial charge in [0.25, 0.3) is 5.89 Å². The summed E-state index contributed by atoms with van der Waals surface area (Å²) in [6.45, 7) is 6.20. The van der Waals surface area contributed by atoms with E-state index in [0.717, 1.165) is 10.4 Å². The third-order valence-corrected chi connectivity index (χ3v) is 3.85. The van der Waals surface area contributed by atoms with Gasteiger partial charge in [-0.2, -0.15) is 4.98 Å². The molecule has 3 nitrogen and oxygen atoms in total. The summed E-state index contributed by atoms with van der Waals surface area (Å²) >= 11 is 1.67. The summed E-state index contributed by atoms with van der Waals surface area (Å²) in [6.07, 6.45) is 0. The Morgan fingerprint density at radius 2 is 1.74 bits per heavy atom. The standard InChI is InChI=1S/C15H14N2OS/c1-9-6-10(2)8-12(7-9)15-16-14(17-18-15)13-5-4-11(3)19-13/h4-8H,1-3H3. The lowest BCUT2D eigenvalue weighted by Crippen LogP contribution is -1.83. The minimum absolute atomic E-state index is 0.577. The maximum absolute atomic E-state index is 5.37. The van der Waals surface area contributed by atoms with Crippen LogP contribution >= 0.6 is 11.3 Å². The van der Waals surface area contributed by atoms with E-state index in [4.69, 9.17) is 4.52 Å². The van der Waals surface area contributed by atoms with Crippen molar-refractivity contribution in [2.24, 2.45) is 0 Å². The van der Waals surface area contributed by atoms with Crippen LogP contribution in [0.4, 0.5) is 0 Å². The van der Waals surface area contributed by atoms with E-state index < -0.39 is 0 Å². The maximum atomic E-state index is 5.37. The van der Waals surface area contributed by atoms with Crippen molar-refractivity contribution in [3.63, 3.8) is 0 Å². The lowest BCUT2D eigenvalue weighted by Gasteiger charge is -1.99. The quantitative estimate of drug-likeness (QED) is 0.693. The van der Waals surface area contributed by atoms with E-state index in [0.29, 0.717) is 11.7 Å². The zero-order chi connectivity index (χ0) is 13.4. The van der Waals surface area contributed by atoms with Gasteiger partial charge in [-0.05, 0) is 45.0 Å². The van der Waals surface area contributed by atoms with Crippen LogP contribution in [0.25, 0.3) is 22.2 Å². The topological polar surface area (TPSA) is 38.9 Å². The number of aryl methyl sites for hydroxylation is 3. The first kappa shape index (κ1) is 12.1. The van der Waals surface area contributed by atoms with E-state index >= 15 is 0 Å². The first-order chi connectivity index (χ1) is 9.11. The average molecular weight is 270 g/mol. The normalized spacial score (nSPS) is 10.9. The summed E-state index contributed by atoms with van der Waals surface area (Å²) < 4.78 is 5.37. The number of aromatic nitrogens is 2. The van der Waals surface area contributed by atoms with Crippen molar-refractivity contribution in [1.29, 1.82) is 0 Å². The van der Waals surface area contributed by atoms with Gasteiger partial charge < -0.3 is 4.52 Å². The van der Waals surface area contributed by atoms with Gasteiger partial charge in [-0.15, -0.1) is 11.3 Å². The highest BCUT2D eigenvalue weighted by Crippen LogP contribution is 2.28. The largest absolute Gasteiger partial charge is 0.334 e. The monoisotopic (exact) mass is 270 g/mol. The lowest BCUT2D eigenvalue weighted by molar-refractivity contribution is 0.432. The first-order valence-corrected chi connectivity index (χ1v) is 6.92. The van der Waals surface area contributed by atoms with Gasteiger partial charge >= 0.3 is 0 Å². The highest BCUT2D eigenvalue weighted by molar-refractivity contribution is 7.15. The van der Waals surface area contributed by atoms with Crippen LogP contribution in [0.1, 0.15) is 16.0 Å². The van der Waals surface area contributed by atoms with Crippen molar-refractivity contribution in [3.8, 4) is 22.2 Å². The molecule has 0 aliphatic carbocycles. The molecule has 3 rings (SSSR count). The van der Waals surface area contributed by atoms with E-state index in [9.17, 15) is 0 Å². The van der Waals surface area contributed by atoms with Gasteiger partial charge in [0.1, 0.15) is 0 Å². The Bertz CT molecular complexity index is 707. The Morgan fingerprint density at radius 3 is 2.37 bits per heavy atom. The van der Waals surface area contributed by atoms with Crippen molar-refractivity contribution in [2.75, 3.05) is 0 Å². The van der Waals surface area contributed by atoms with Crippen LogP contribution < -0.4 is 0 Å². The zero-order valence-electron chi connectivity index (χ0n) is 11.1. The molecular formula is C15H14N2OS. The van der Waals surface area contributed by atoms with E-state index in [1.54, 1.807) is 11.3 Å². The highest BCUT2D eigenvalue weighted by atomic mass is 32.1. The Hall–Kier alpha value is -1.94. The van der Waals surface area contributed by atoms with E-state index in [2.05, 4.69) is 55.2 Å². The Kier molecular flexibility index (Phi) is 2.95. The molecule has 4 heteroatoms. The number of hydrogen-bond acceptors (Lipinski definition) is 4. The summed E-state index contributed by atoms with van der Waals surface area (Å²) in [6, 6.07) is 10.3. The molecule has 0 spiro atoms. The molecule has 96 valence electrons. The molecule has 2 heterocycles. The number of nitrogens with zero attached hydrogens (tertiary/aromatic N) is 2. The molecule has 0 radical (unpaired) electrons. The van der Waals surface area contributed by atoms with E-state index in [1.165, 1.54) is 16.0 Å². The number of rotatable bonds is 2. The summed E-state index contributed by atoms with van der Waals surface area (Å²) in [5.74, 6) is 1.24. The Balaban J connectivity index is 2.01. The summed E-state index contributed by atoms with van der Waals surface area (Å²) in [5.41, 5.74) is 3.37. The van der Waals surface area contributed by atoms with Crippen molar-refractivity contribution in [2.45, 2.75) is 20.8 Å². The fourth-order valence-electron chi connectivity index (χ4n) is 2.09. The number of thiophene rings is 1. The number of hydrogen-bond donors (Lipinski definition) is 0. The predicted octanol–water partition coefficient (Wildman–Crippen LogP) is 4.39. The van der Waals surface area contributed by atoms with E-state index in [-0.39, 0.29) is 0 Å². The van der Waals surface area contributed by atoms with Gasteiger partial charge in [-0.25, -0.2) is 0 Å². The second-order valence-electron chi connectivity index (χ2n) is 4.71. The zero-order valence-corrected chi connectivity index (χ0v) is 11.9. The van der Waals surface area contributed by atoms with Crippen LogP contribution in [0, 0.1) is 20.8 Å². The molecule has 0 fully saturated rings. The lowest BCUT2D eigenvalue weighted by atomic mass is 10.1. The van der Waals surface area contributed by atoms with Gasteiger partial charge in [0, 0.05) is 10.4 Å². The molecule has 0 bridgehead atoms. The molecule has 0 aliphatic heterocycles. The molecule has 0 saturated carbocycles. The second kappa shape index (κ2) is 4.63. The average Bonchev–Trinajstić information content (AvgIpc) is 2.95. The van der Waals surface area contributed by atoms with Gasteiger partial charge in [-0.1, -0.05) is 22.3 Å². The van der Waals surface area contributed by atoms with Crippen LogP contribution in [0.5, 0.6) is 0 Å². The van der Waals surface area contributed by atoms with Crippen LogP contribution in [0.3, 0.4) is 0 Å². The van der Waals surface area contributed by atoms with E-state index in [1.807, 2.05) is 6.07 Å². The van der Waals surface area contributed by atoms with Crippen LogP contribution in [-0.2, 0) is 0 Å². The van der Waals surface area contributed by atoms with Crippen molar-refractivity contribution < 1.29 is 4.52 Å². The van der Waals surface area contributed by atoms with Gasteiger partial charge in [0.15, 0.2) is 0 Å². The molecular weight excluding hydrogens is 256 g/mol. The van der Waals surface area contributed by atoms with Crippen molar-refractivity contribution >= 4 is 11.3 Å². The van der Waals surface area contributed by atoms with Crippen LogP contribution in [0.2, 0.25) is 0 Å². The summed E-state index contributed by atoms with van der Waals surface area (Å²) in [4.78, 5) is 6.76. The Morgan fingerprint density at radius 1 is 1.00 bits per heavy atom. The molecule has 0 N–H and O–H groups in total. The SMILES string of the molecule is Cc1cc(C)cc(-c2nc(-c3ccc(C)s3)no2)c1. The molecule has 2 aromatic heterocycles. The van der Waals surface area contributed by atoms with Crippen molar-refractivity contribution in [3.05, 3.63) is 46.3 Å². The summed E-state index contributed by atoms with van der Waals surface area (Å²) in [5, 5.41) is 4.06. The minimum atomic E-state index is 0.577. The predicted molar refractivity (Wildman–Crippen MR) is 77.3 cm³/mol. The molecule has 0 atom stereocenters. The third-order valence-electron chi connectivity index (χ3n) is 2.86. The molecule has 0 unspecified atom stereocenters. The molecule has 0 aliphatic rings. The fraction of sp³-hybridized carbons (Fsp3) is 0.200. The molecule has 1 aromatic carbocycles. The third kappa shape index (κ3) is 2.44. The van der Waals surface area contributed by atoms with Crippen LogP contribution in [0.15, 0.2) is 34.9 Å². The molecule has 0 amide bonds. The van der Waals surface area contributed by atoms with Crippen molar-refractivity contribution in [1.82, 2.24) is 10.1 Å². The number of benzene rings is 1. The van der Waals surface area contributed by atoms with Gasteiger partial charge in [0.05, 0.1) is 4.88 Å². The maximum Gasteiger partial charge on any atom is 0.258 e. The van der Waals surface area contributed by atoms with Gasteiger partial charge in [0.2, 0.25) is 5.82 Å². The van der Waals surface area contributed by atoms with Gasteiger partial charge in [-0.3, -0.25) is 0 Å². The smallest absolute Gasteiger partial charge is 0.258 e. The molecule has 19 heavy (non-hydrogen) atoms. The summed E-state index contributed by atoms with van der Waals surface area (Å²) in [7, 11) is 0. The highest BCUT2D eigenvalue weighted by Gasteiger charge is 2.12. The first-order valence-electron chi connectivity index (χ1n) is 6.11. The second-order valence-corrected chi connectivity index (χ2v) is 6.00. The fourth-order valence-corrected chi connectivity index (χ4v) is 2.89. The molecule has 3 aromatic rings.